The number of aliphatic hydroxyl groups is 1. The third-order valence-corrected chi connectivity index (χ3v) is 6.63. The summed E-state index contributed by atoms with van der Waals surface area (Å²) in [4.78, 5) is 20.6. The molecule has 3 unspecified atom stereocenters. The van der Waals surface area contributed by atoms with Crippen molar-refractivity contribution < 1.29 is 19.4 Å². The van der Waals surface area contributed by atoms with E-state index in [1.165, 1.54) is 17.5 Å². The smallest absolute Gasteiger partial charge is 0.347 e. The van der Waals surface area contributed by atoms with Crippen LogP contribution in [0.1, 0.15) is 56.8 Å². The Hall–Kier alpha value is -2.35. The van der Waals surface area contributed by atoms with Crippen LogP contribution >= 0.6 is 0 Å². The van der Waals surface area contributed by atoms with Gasteiger partial charge in [0.05, 0.1) is 24.3 Å². The molecule has 0 amide bonds. The van der Waals surface area contributed by atoms with Gasteiger partial charge in [-0.3, -0.25) is 4.99 Å². The monoisotopic (exact) mass is 418 g/mol. The van der Waals surface area contributed by atoms with Crippen molar-refractivity contribution >= 4 is 11.7 Å². The summed E-state index contributed by atoms with van der Waals surface area (Å²) in [6.45, 7) is 5.70. The molecule has 8 nitrogen and oxygen atoms in total. The van der Waals surface area contributed by atoms with Gasteiger partial charge in [0.15, 0.2) is 12.0 Å². The molecule has 2 aliphatic carbocycles. The largest absolute Gasteiger partial charge is 0.465 e. The average molecular weight is 419 g/mol. The molecule has 1 aromatic heterocycles. The second-order valence-electron chi connectivity index (χ2n) is 8.62. The molecular weight excluding hydrogens is 384 g/mol. The van der Waals surface area contributed by atoms with Gasteiger partial charge in [-0.15, -0.1) is 0 Å². The third kappa shape index (κ3) is 4.38. The van der Waals surface area contributed by atoms with E-state index in [9.17, 15) is 9.90 Å². The van der Waals surface area contributed by atoms with E-state index in [4.69, 9.17) is 15.2 Å². The van der Waals surface area contributed by atoms with Crippen molar-refractivity contribution in [3.63, 3.8) is 0 Å². The fraction of sp³-hybridized carbons (Fsp3) is 0.682. The van der Waals surface area contributed by atoms with Crippen LogP contribution in [-0.4, -0.2) is 51.7 Å². The van der Waals surface area contributed by atoms with Crippen molar-refractivity contribution in [1.82, 2.24) is 9.55 Å². The van der Waals surface area contributed by atoms with Gasteiger partial charge in [0.2, 0.25) is 0 Å². The van der Waals surface area contributed by atoms with E-state index in [0.29, 0.717) is 36.3 Å². The Morgan fingerprint density at radius 3 is 2.60 bits per heavy atom. The van der Waals surface area contributed by atoms with Crippen LogP contribution in [-0.2, 0) is 21.3 Å². The topological polar surface area (TPSA) is 112 Å². The molecule has 2 aliphatic rings. The van der Waals surface area contributed by atoms with Gasteiger partial charge in [0.25, 0.3) is 0 Å². The first-order valence-corrected chi connectivity index (χ1v) is 10.7. The predicted molar refractivity (Wildman–Crippen MR) is 114 cm³/mol. The van der Waals surface area contributed by atoms with Gasteiger partial charge < -0.3 is 24.9 Å². The normalized spacial score (nSPS) is 30.3. The van der Waals surface area contributed by atoms with E-state index in [1.807, 2.05) is 13.4 Å². The number of rotatable bonds is 7. The Balaban J connectivity index is 1.65. The number of ether oxygens (including phenoxy) is 2. The lowest BCUT2D eigenvalue weighted by Gasteiger charge is -2.25. The molecule has 0 bridgehead atoms. The van der Waals surface area contributed by atoms with Crippen LogP contribution in [0.5, 0.6) is 0 Å². The fourth-order valence-electron chi connectivity index (χ4n) is 5.09. The Morgan fingerprint density at radius 1 is 1.47 bits per heavy atom. The molecule has 1 heterocycles. The molecule has 166 valence electrons. The van der Waals surface area contributed by atoms with Crippen molar-refractivity contribution in [3.8, 4) is 0 Å². The molecule has 3 rings (SSSR count). The van der Waals surface area contributed by atoms with Gasteiger partial charge in [-0.1, -0.05) is 0 Å². The van der Waals surface area contributed by atoms with Crippen molar-refractivity contribution in [2.75, 3.05) is 13.7 Å². The van der Waals surface area contributed by atoms with E-state index < -0.39 is 17.7 Å². The minimum absolute atomic E-state index is 0.0450. The van der Waals surface area contributed by atoms with Crippen molar-refractivity contribution in [2.24, 2.45) is 29.6 Å². The second kappa shape index (κ2) is 8.79. The first-order chi connectivity index (χ1) is 14.2. The quantitative estimate of drug-likeness (QED) is 0.399. The average Bonchev–Trinajstić information content (AvgIpc) is 3.31. The first kappa shape index (κ1) is 22.3. The molecule has 30 heavy (non-hydrogen) atoms. The third-order valence-electron chi connectivity index (χ3n) is 6.63. The molecule has 0 spiro atoms. The van der Waals surface area contributed by atoms with E-state index in [1.54, 1.807) is 20.9 Å². The van der Waals surface area contributed by atoms with E-state index in [0.717, 1.165) is 12.8 Å². The zero-order valence-electron chi connectivity index (χ0n) is 18.6. The summed E-state index contributed by atoms with van der Waals surface area (Å²) in [6, 6.07) is 0. The maximum absolute atomic E-state index is 11.7. The number of nitrogens with zero attached hydrogens (tertiary/aromatic N) is 3. The van der Waals surface area contributed by atoms with Gasteiger partial charge in [-0.2, -0.15) is 0 Å². The first-order valence-electron chi connectivity index (χ1n) is 10.7. The minimum atomic E-state index is -1.03. The number of fused-ring (bicyclic) bond motifs is 1. The molecule has 0 aromatic carbocycles. The molecule has 3 atom stereocenters. The summed E-state index contributed by atoms with van der Waals surface area (Å²) in [6.07, 6.45) is 5.93. The Bertz CT molecular complexity index is 830. The van der Waals surface area contributed by atoms with Gasteiger partial charge >= 0.3 is 5.97 Å². The van der Waals surface area contributed by atoms with E-state index >= 15 is 0 Å². The molecule has 2 fully saturated rings. The molecule has 0 radical (unpaired) electrons. The van der Waals surface area contributed by atoms with Gasteiger partial charge in [-0.05, 0) is 58.3 Å². The fourth-order valence-corrected chi connectivity index (χ4v) is 5.09. The highest BCUT2D eigenvalue weighted by molar-refractivity contribution is 6.02. The number of imidazole rings is 1. The molecule has 0 aliphatic heterocycles. The number of aromatic nitrogens is 2. The molecule has 2 saturated carbocycles. The standard InChI is InChI=1S/C22H34N4O4/c1-6-29-21(27)14(3)30-19(23)9-18(24-4)22(28)10-16-7-15(8-17(16)11-22)20-13(2)26(5)12-25-20/h9,12,14-17,28H,6-8,10-11,23H2,1-5H3. The molecule has 0 saturated heterocycles. The summed E-state index contributed by atoms with van der Waals surface area (Å²) in [5.41, 5.74) is 7.84. The van der Waals surface area contributed by atoms with Crippen LogP contribution in [0.2, 0.25) is 0 Å². The summed E-state index contributed by atoms with van der Waals surface area (Å²) >= 11 is 0. The number of carbonyl (C=O) groups is 1. The number of aryl methyl sites for hydroxylation is 1. The molecule has 3 N–H and O–H groups in total. The zero-order valence-corrected chi connectivity index (χ0v) is 18.6. The van der Waals surface area contributed by atoms with E-state index in [2.05, 4.69) is 21.5 Å². The summed E-state index contributed by atoms with van der Waals surface area (Å²) in [5, 5.41) is 11.4. The highest BCUT2D eigenvalue weighted by Crippen LogP contribution is 2.54. The lowest BCUT2D eigenvalue weighted by Crippen LogP contribution is -2.36. The van der Waals surface area contributed by atoms with Gasteiger partial charge in [-0.25, -0.2) is 9.78 Å². The highest BCUT2D eigenvalue weighted by atomic mass is 16.6. The van der Waals surface area contributed by atoms with Crippen molar-refractivity contribution in [2.45, 2.75) is 64.1 Å². The molecule has 8 heteroatoms. The Kier molecular flexibility index (Phi) is 6.55. The van der Waals surface area contributed by atoms with Crippen molar-refractivity contribution in [1.29, 1.82) is 0 Å². The summed E-state index contributed by atoms with van der Waals surface area (Å²) in [5.74, 6) is 0.860. The number of carbonyl (C=O) groups excluding carboxylic acids is 1. The van der Waals surface area contributed by atoms with Crippen LogP contribution in [0.3, 0.4) is 0 Å². The van der Waals surface area contributed by atoms with E-state index in [-0.39, 0.29) is 12.5 Å². The molecule has 1 aromatic rings. The number of esters is 1. The van der Waals surface area contributed by atoms with Gasteiger partial charge in [0, 0.05) is 31.8 Å². The number of nitrogens with two attached hydrogens (primary N) is 1. The summed E-state index contributed by atoms with van der Waals surface area (Å²) in [7, 11) is 3.66. The SMILES string of the molecule is CCOC(=O)C(C)OC(N)=CC(=NC)C1(O)CC2CC(c3ncn(C)c3C)CC2C1. The Morgan fingerprint density at radius 2 is 2.10 bits per heavy atom. The van der Waals surface area contributed by atoms with Crippen LogP contribution in [0.15, 0.2) is 23.3 Å². The molecular formula is C22H34N4O4. The Labute approximate surface area is 178 Å². The minimum Gasteiger partial charge on any atom is -0.465 e. The predicted octanol–water partition coefficient (Wildman–Crippen LogP) is 2.20. The summed E-state index contributed by atoms with van der Waals surface area (Å²) < 4.78 is 12.4. The maximum Gasteiger partial charge on any atom is 0.347 e. The van der Waals surface area contributed by atoms with Crippen LogP contribution in [0.25, 0.3) is 0 Å². The van der Waals surface area contributed by atoms with Crippen LogP contribution in [0, 0.1) is 18.8 Å². The lowest BCUT2D eigenvalue weighted by atomic mass is 9.89. The number of hydrogen-bond acceptors (Lipinski definition) is 7. The van der Waals surface area contributed by atoms with Crippen molar-refractivity contribution in [3.05, 3.63) is 29.7 Å². The van der Waals surface area contributed by atoms with Crippen LogP contribution < -0.4 is 5.73 Å². The second-order valence-corrected chi connectivity index (χ2v) is 8.62. The lowest BCUT2D eigenvalue weighted by molar-refractivity contribution is -0.153. The maximum atomic E-state index is 11.7. The highest BCUT2D eigenvalue weighted by Gasteiger charge is 2.51. The number of aliphatic imine (C=N–C) groups is 1. The number of hydrogen-bond donors (Lipinski definition) is 2. The zero-order chi connectivity index (χ0) is 22.1. The van der Waals surface area contributed by atoms with Gasteiger partial charge in [0.1, 0.15) is 5.60 Å². The van der Waals surface area contributed by atoms with Crippen LogP contribution in [0.4, 0.5) is 0 Å².